The Morgan fingerprint density at radius 2 is 1.74 bits per heavy atom. The van der Waals surface area contributed by atoms with Crippen molar-refractivity contribution in [1.82, 2.24) is 14.5 Å². The van der Waals surface area contributed by atoms with E-state index in [0.717, 1.165) is 28.7 Å². The van der Waals surface area contributed by atoms with E-state index in [1.165, 1.54) is 23.8 Å². The van der Waals surface area contributed by atoms with Crippen molar-refractivity contribution in [2.75, 3.05) is 13.7 Å². The molecule has 0 fully saturated rings. The number of ether oxygens (including phenoxy) is 1. The van der Waals surface area contributed by atoms with E-state index in [9.17, 15) is 18.3 Å². The molecule has 9 heteroatoms. The zero-order valence-electron chi connectivity index (χ0n) is 21.7. The smallest absolute Gasteiger partial charge is 0.296 e. The summed E-state index contributed by atoms with van der Waals surface area (Å²) in [5.74, 6) is -0.338. The van der Waals surface area contributed by atoms with Gasteiger partial charge in [-0.3, -0.25) is 14.3 Å². The lowest BCUT2D eigenvalue weighted by molar-refractivity contribution is 0.161. The van der Waals surface area contributed by atoms with Gasteiger partial charge in [0.25, 0.3) is 5.56 Å². The molecule has 2 aromatic carbocycles. The number of aromatic nitrogens is 3. The van der Waals surface area contributed by atoms with E-state index in [0.29, 0.717) is 18.7 Å². The number of methoxy groups -OCH3 is 1. The van der Waals surface area contributed by atoms with E-state index < -0.39 is 32.2 Å². The molecule has 4 aromatic rings. The van der Waals surface area contributed by atoms with Crippen LogP contribution in [0, 0.1) is 6.92 Å². The molecule has 8 nitrogen and oxygen atoms in total. The number of unbranched alkanes of at least 4 members (excludes halogenated alkanes) is 1. The summed E-state index contributed by atoms with van der Waals surface area (Å²) in [5, 5.41) is 11.4. The van der Waals surface area contributed by atoms with Crippen LogP contribution in [-0.2, 0) is 21.0 Å². The third kappa shape index (κ3) is 5.54. The van der Waals surface area contributed by atoms with Crippen LogP contribution in [0.5, 0.6) is 5.88 Å². The summed E-state index contributed by atoms with van der Waals surface area (Å²) in [6.45, 7) is 4.06. The van der Waals surface area contributed by atoms with Crippen molar-refractivity contribution < 1.29 is 18.3 Å². The van der Waals surface area contributed by atoms with Crippen LogP contribution in [0.15, 0.2) is 87.6 Å². The summed E-state index contributed by atoms with van der Waals surface area (Å²) < 4.78 is 34.3. The second-order valence-corrected chi connectivity index (χ2v) is 11.0. The molecule has 2 aromatic heterocycles. The summed E-state index contributed by atoms with van der Waals surface area (Å²) in [6.07, 6.45) is 5.37. The van der Waals surface area contributed by atoms with Crippen molar-refractivity contribution >= 4 is 9.84 Å². The number of aryl methyl sites for hydroxylation is 2. The molecule has 0 spiro atoms. The minimum Gasteiger partial charge on any atom is -0.493 e. The van der Waals surface area contributed by atoms with Gasteiger partial charge in [0.1, 0.15) is 5.82 Å². The van der Waals surface area contributed by atoms with Crippen LogP contribution < -0.4 is 5.56 Å². The Kier molecular flexibility index (Phi) is 8.38. The van der Waals surface area contributed by atoms with Crippen LogP contribution in [-0.4, -0.2) is 41.8 Å². The van der Waals surface area contributed by atoms with Crippen LogP contribution in [0.25, 0.3) is 11.1 Å². The van der Waals surface area contributed by atoms with Crippen molar-refractivity contribution in [2.45, 2.75) is 48.9 Å². The van der Waals surface area contributed by atoms with Gasteiger partial charge in [0, 0.05) is 31.5 Å². The molecule has 0 aliphatic rings. The zero-order chi connectivity index (χ0) is 27.3. The van der Waals surface area contributed by atoms with Gasteiger partial charge in [0.15, 0.2) is 4.90 Å². The second kappa shape index (κ2) is 11.7. The molecule has 0 saturated carbocycles. The first-order valence-corrected chi connectivity index (χ1v) is 13.9. The maximum Gasteiger partial charge on any atom is 0.296 e. The second-order valence-electron chi connectivity index (χ2n) is 9.12. The van der Waals surface area contributed by atoms with E-state index in [4.69, 9.17) is 4.74 Å². The van der Waals surface area contributed by atoms with Gasteiger partial charge in [-0.25, -0.2) is 8.42 Å². The van der Waals surface area contributed by atoms with Crippen LogP contribution in [0.4, 0.5) is 0 Å². The molecule has 0 saturated heterocycles. The number of sulfone groups is 1. The highest BCUT2D eigenvalue weighted by Gasteiger charge is 2.32. The lowest BCUT2D eigenvalue weighted by Crippen LogP contribution is -2.29. The average molecular weight is 534 g/mol. The molecule has 1 N–H and O–H groups in total. The molecule has 2 heterocycles. The minimum atomic E-state index is -4.40. The molecular weight excluding hydrogens is 502 g/mol. The van der Waals surface area contributed by atoms with Crippen molar-refractivity contribution in [2.24, 2.45) is 0 Å². The van der Waals surface area contributed by atoms with Gasteiger partial charge in [-0.2, -0.15) is 4.98 Å². The third-order valence-corrected chi connectivity index (χ3v) is 8.14. The fourth-order valence-corrected chi connectivity index (χ4v) is 5.78. The number of hydrogen-bond donors (Lipinski definition) is 1. The first kappa shape index (κ1) is 27.2. The van der Waals surface area contributed by atoms with Gasteiger partial charge in [0.05, 0.1) is 17.5 Å². The molecule has 0 bridgehead atoms. The molecule has 1 atom stereocenters. The molecule has 198 valence electrons. The van der Waals surface area contributed by atoms with Crippen LogP contribution in [0.2, 0.25) is 0 Å². The number of hydrogen-bond acceptors (Lipinski definition) is 7. The maximum atomic E-state index is 13.7. The van der Waals surface area contributed by atoms with Crippen LogP contribution in [0.3, 0.4) is 0 Å². The number of benzene rings is 2. The van der Waals surface area contributed by atoms with Gasteiger partial charge in [-0.1, -0.05) is 55.8 Å². The standard InChI is InChI=1S/C29H31N3O5S/c1-4-5-11-26-31-28(33)27(29(34)32(26)25(19-37-3)22-9-7-6-8-10-22)38(35,36)24-14-12-21(13-15-24)23-16-20(2)17-30-18-23/h6-10,12-18,25,34H,4-5,11,19H2,1-3H3. The molecular formula is C29H31N3O5S. The van der Waals surface area contributed by atoms with Crippen molar-refractivity contribution in [3.05, 3.63) is 100 Å². The first-order valence-electron chi connectivity index (χ1n) is 12.4. The summed E-state index contributed by atoms with van der Waals surface area (Å²) in [5.41, 5.74) is 2.39. The first-order chi connectivity index (χ1) is 18.3. The normalized spacial score (nSPS) is 12.4. The summed E-state index contributed by atoms with van der Waals surface area (Å²) in [7, 11) is -2.87. The Morgan fingerprint density at radius 1 is 1.03 bits per heavy atom. The zero-order valence-corrected chi connectivity index (χ0v) is 22.5. The third-order valence-electron chi connectivity index (χ3n) is 6.35. The molecule has 0 amide bonds. The predicted octanol–water partition coefficient (Wildman–Crippen LogP) is 4.73. The lowest BCUT2D eigenvalue weighted by Gasteiger charge is -2.25. The Morgan fingerprint density at radius 3 is 2.37 bits per heavy atom. The maximum absolute atomic E-state index is 13.7. The monoisotopic (exact) mass is 533 g/mol. The van der Waals surface area contributed by atoms with Crippen LogP contribution in [0.1, 0.15) is 42.8 Å². The predicted molar refractivity (Wildman–Crippen MR) is 145 cm³/mol. The fourth-order valence-electron chi connectivity index (χ4n) is 4.43. The van der Waals surface area contributed by atoms with Gasteiger partial charge in [-0.15, -0.1) is 0 Å². The summed E-state index contributed by atoms with van der Waals surface area (Å²) in [4.78, 5) is 20.6. The number of rotatable bonds is 10. The number of aromatic hydroxyl groups is 1. The van der Waals surface area contributed by atoms with E-state index in [-0.39, 0.29) is 11.5 Å². The van der Waals surface area contributed by atoms with Gasteiger partial charge in [0.2, 0.25) is 15.7 Å². The Bertz CT molecular complexity index is 1570. The molecule has 0 aliphatic heterocycles. The highest BCUT2D eigenvalue weighted by molar-refractivity contribution is 7.91. The average Bonchev–Trinajstić information content (AvgIpc) is 2.91. The van der Waals surface area contributed by atoms with Crippen molar-refractivity contribution in [3.63, 3.8) is 0 Å². The SMILES string of the molecule is CCCCc1nc(=O)c(S(=O)(=O)c2ccc(-c3cncc(C)c3)cc2)c(O)n1C(COC)c1ccccc1. The van der Waals surface area contributed by atoms with E-state index >= 15 is 0 Å². The van der Waals surface area contributed by atoms with Gasteiger partial charge >= 0.3 is 0 Å². The molecule has 0 radical (unpaired) electrons. The molecule has 0 aliphatic carbocycles. The molecule has 1 unspecified atom stereocenters. The Balaban J connectivity index is 1.86. The Labute approximate surface area is 222 Å². The van der Waals surface area contributed by atoms with Crippen LogP contribution >= 0.6 is 0 Å². The highest BCUT2D eigenvalue weighted by Crippen LogP contribution is 2.33. The van der Waals surface area contributed by atoms with Crippen molar-refractivity contribution in [1.29, 1.82) is 0 Å². The number of pyridine rings is 1. The van der Waals surface area contributed by atoms with E-state index in [1.54, 1.807) is 24.5 Å². The molecule has 38 heavy (non-hydrogen) atoms. The summed E-state index contributed by atoms with van der Waals surface area (Å²) in [6, 6.07) is 16.8. The molecule has 4 rings (SSSR count). The van der Waals surface area contributed by atoms with E-state index in [1.807, 2.05) is 50.2 Å². The largest absolute Gasteiger partial charge is 0.493 e. The topological polar surface area (TPSA) is 111 Å². The van der Waals surface area contributed by atoms with E-state index in [2.05, 4.69) is 9.97 Å². The van der Waals surface area contributed by atoms with Gasteiger partial charge in [-0.05, 0) is 48.2 Å². The fraction of sp³-hybridized carbons (Fsp3) is 0.276. The minimum absolute atomic E-state index is 0.119. The van der Waals surface area contributed by atoms with Crippen molar-refractivity contribution in [3.8, 4) is 17.0 Å². The lowest BCUT2D eigenvalue weighted by atomic mass is 10.1. The summed E-state index contributed by atoms with van der Waals surface area (Å²) >= 11 is 0. The quantitative estimate of drug-likeness (QED) is 0.314. The number of nitrogens with zero attached hydrogens (tertiary/aromatic N) is 3. The highest BCUT2D eigenvalue weighted by atomic mass is 32.2. The van der Waals surface area contributed by atoms with Gasteiger partial charge < -0.3 is 9.84 Å². The Hall–Kier alpha value is -3.82.